The number of hydrogen-bond acceptors (Lipinski definition) is 11. The quantitative estimate of drug-likeness (QED) is 0.171. The molecule has 0 amide bonds. The fourth-order valence-corrected chi connectivity index (χ4v) is 3.77. The normalized spacial score (nSPS) is 38.3. The summed E-state index contributed by atoms with van der Waals surface area (Å²) in [6, 6.07) is 0. The number of ether oxygens (including phenoxy) is 4. The van der Waals surface area contributed by atoms with Gasteiger partial charge in [0.25, 0.3) is 0 Å². The molecule has 2 saturated heterocycles. The van der Waals surface area contributed by atoms with Gasteiger partial charge in [-0.3, -0.25) is 0 Å². The van der Waals surface area contributed by atoms with Gasteiger partial charge in [0.15, 0.2) is 12.6 Å². The zero-order valence-corrected chi connectivity index (χ0v) is 20.6. The summed E-state index contributed by atoms with van der Waals surface area (Å²) in [6.07, 6.45) is -6.39. The van der Waals surface area contributed by atoms with Crippen LogP contribution in [0.25, 0.3) is 0 Å². The molecule has 0 aromatic heterocycles. The van der Waals surface area contributed by atoms with Gasteiger partial charge in [-0.15, -0.1) is 0 Å². The lowest BCUT2D eigenvalue weighted by atomic mass is 9.97. The predicted molar refractivity (Wildman–Crippen MR) is 122 cm³/mol. The van der Waals surface area contributed by atoms with Gasteiger partial charge >= 0.3 is 0 Å². The maximum atomic E-state index is 10.5. The Hall–Kier alpha value is -0.440. The topological polar surface area (TPSA) is 179 Å². The number of rotatable bonds is 12. The summed E-state index contributed by atoms with van der Waals surface area (Å²) in [5, 5.41) is 69.4. The molecule has 0 bridgehead atoms. The zero-order valence-electron chi connectivity index (χ0n) is 20.6. The van der Waals surface area contributed by atoms with E-state index >= 15 is 0 Å². The Kier molecular flexibility index (Phi) is 15.9. The SMILES string of the molecule is CCCCC.CCCCCCO[C@@H]1O[C@H](CO)[C@@H](O[C@H]2O[C@H](CO)[C@@H](O)[C@H](O)[C@H]2O)[C@H](O)[C@H]1O. The molecule has 204 valence electrons. The van der Waals surface area contributed by atoms with Crippen molar-refractivity contribution < 1.29 is 54.7 Å². The Morgan fingerprint density at radius 2 is 1.15 bits per heavy atom. The van der Waals surface area contributed by atoms with Crippen molar-refractivity contribution in [3.63, 3.8) is 0 Å². The molecule has 7 N–H and O–H groups in total. The predicted octanol–water partition coefficient (Wildman–Crippen LogP) is -0.596. The van der Waals surface area contributed by atoms with Gasteiger partial charge in [-0.05, 0) is 6.42 Å². The smallest absolute Gasteiger partial charge is 0.187 e. The van der Waals surface area contributed by atoms with Gasteiger partial charge in [0.05, 0.1) is 13.2 Å². The van der Waals surface area contributed by atoms with Gasteiger partial charge < -0.3 is 54.7 Å². The van der Waals surface area contributed by atoms with E-state index in [1.807, 2.05) is 0 Å². The van der Waals surface area contributed by atoms with E-state index in [4.69, 9.17) is 18.9 Å². The van der Waals surface area contributed by atoms with Crippen molar-refractivity contribution in [1.82, 2.24) is 0 Å². The second kappa shape index (κ2) is 17.1. The van der Waals surface area contributed by atoms with E-state index in [-0.39, 0.29) is 0 Å². The first-order chi connectivity index (χ1) is 16.3. The van der Waals surface area contributed by atoms with E-state index in [2.05, 4.69) is 20.8 Å². The second-order valence-corrected chi connectivity index (χ2v) is 8.79. The Morgan fingerprint density at radius 3 is 1.68 bits per heavy atom. The summed E-state index contributed by atoms with van der Waals surface area (Å²) in [6.45, 7) is 5.58. The summed E-state index contributed by atoms with van der Waals surface area (Å²) < 4.78 is 21.7. The van der Waals surface area contributed by atoms with Crippen LogP contribution in [0.1, 0.15) is 65.7 Å². The minimum Gasteiger partial charge on any atom is -0.394 e. The van der Waals surface area contributed by atoms with Crippen LogP contribution in [0.5, 0.6) is 0 Å². The zero-order chi connectivity index (χ0) is 25.7. The highest BCUT2D eigenvalue weighted by molar-refractivity contribution is 4.94. The first-order valence-electron chi connectivity index (χ1n) is 12.5. The highest BCUT2D eigenvalue weighted by Gasteiger charge is 2.50. The molecule has 2 rings (SSSR count). The van der Waals surface area contributed by atoms with Crippen LogP contribution in [0.15, 0.2) is 0 Å². The fourth-order valence-electron chi connectivity index (χ4n) is 3.77. The molecule has 2 aliphatic heterocycles. The fraction of sp³-hybridized carbons (Fsp3) is 1.00. The van der Waals surface area contributed by atoms with Gasteiger partial charge in [-0.2, -0.15) is 0 Å². The number of unbranched alkanes of at least 4 members (excludes halogenated alkanes) is 5. The second-order valence-electron chi connectivity index (χ2n) is 8.79. The molecule has 2 aliphatic rings. The van der Waals surface area contributed by atoms with Gasteiger partial charge in [-0.1, -0.05) is 59.3 Å². The van der Waals surface area contributed by atoms with Crippen LogP contribution < -0.4 is 0 Å². The number of hydrogen-bond donors (Lipinski definition) is 7. The summed E-state index contributed by atoms with van der Waals surface area (Å²) in [4.78, 5) is 0. The molecule has 0 aromatic rings. The summed E-state index contributed by atoms with van der Waals surface area (Å²) in [7, 11) is 0. The van der Waals surface area contributed by atoms with Crippen molar-refractivity contribution in [3.8, 4) is 0 Å². The largest absolute Gasteiger partial charge is 0.394 e. The first-order valence-corrected chi connectivity index (χ1v) is 12.5. The number of aliphatic hydroxyl groups is 7. The summed E-state index contributed by atoms with van der Waals surface area (Å²) >= 11 is 0. The molecule has 34 heavy (non-hydrogen) atoms. The maximum Gasteiger partial charge on any atom is 0.187 e. The Morgan fingerprint density at radius 1 is 0.588 bits per heavy atom. The lowest BCUT2D eigenvalue weighted by Crippen LogP contribution is -2.64. The minimum absolute atomic E-state index is 0.310. The average Bonchev–Trinajstić information content (AvgIpc) is 2.84. The molecule has 11 heteroatoms. The Balaban J connectivity index is 0.00000104. The van der Waals surface area contributed by atoms with E-state index in [1.165, 1.54) is 19.3 Å². The van der Waals surface area contributed by atoms with Crippen LogP contribution in [0.4, 0.5) is 0 Å². The minimum atomic E-state index is -1.69. The van der Waals surface area contributed by atoms with Crippen molar-refractivity contribution in [2.75, 3.05) is 19.8 Å². The van der Waals surface area contributed by atoms with Crippen molar-refractivity contribution in [1.29, 1.82) is 0 Å². The number of aliphatic hydroxyl groups excluding tert-OH is 7. The summed E-state index contributed by atoms with van der Waals surface area (Å²) in [5.41, 5.74) is 0. The van der Waals surface area contributed by atoms with Crippen molar-refractivity contribution in [2.24, 2.45) is 0 Å². The van der Waals surface area contributed by atoms with Gasteiger partial charge in [-0.25, -0.2) is 0 Å². The van der Waals surface area contributed by atoms with Crippen LogP contribution in [-0.2, 0) is 18.9 Å². The molecule has 0 aromatic carbocycles. The molecular weight excluding hydrogens is 452 g/mol. The summed E-state index contributed by atoms with van der Waals surface area (Å²) in [5.74, 6) is 0. The molecule has 2 fully saturated rings. The van der Waals surface area contributed by atoms with Crippen LogP contribution in [0.3, 0.4) is 0 Å². The molecular formula is C23H46O11. The standard InChI is InChI=1S/C18H34O11.C5H12/c1-2-3-4-5-6-26-17-15(25)13(23)16(10(8-20)28-17)29-18-14(24)12(22)11(21)9(7-19)27-18;1-3-5-4-2/h9-25H,2-8H2,1H3;3-5H2,1-2H3/t9-,10-,11-,12+,13-,14-,15-,16-,17-,18-;/m1./s1. The molecule has 0 saturated carbocycles. The third-order valence-electron chi connectivity index (χ3n) is 5.95. The molecule has 2 heterocycles. The van der Waals surface area contributed by atoms with E-state index in [9.17, 15) is 35.7 Å². The van der Waals surface area contributed by atoms with Crippen LogP contribution in [0, 0.1) is 0 Å². The highest BCUT2D eigenvalue weighted by atomic mass is 16.7. The van der Waals surface area contributed by atoms with Gasteiger partial charge in [0.1, 0.15) is 48.8 Å². The third kappa shape index (κ3) is 9.21. The Bertz CT molecular complexity index is 505. The first kappa shape index (κ1) is 31.6. The molecule has 0 radical (unpaired) electrons. The van der Waals surface area contributed by atoms with Crippen LogP contribution in [-0.4, -0.2) is 117 Å². The maximum absolute atomic E-state index is 10.5. The van der Waals surface area contributed by atoms with Crippen molar-refractivity contribution in [2.45, 2.75) is 127 Å². The molecule has 0 unspecified atom stereocenters. The Labute approximate surface area is 202 Å². The lowest BCUT2D eigenvalue weighted by Gasteiger charge is -2.45. The van der Waals surface area contributed by atoms with Crippen LogP contribution in [0.2, 0.25) is 0 Å². The third-order valence-corrected chi connectivity index (χ3v) is 5.95. The van der Waals surface area contributed by atoms with E-state index < -0.39 is 74.6 Å². The van der Waals surface area contributed by atoms with E-state index in [0.29, 0.717) is 6.61 Å². The molecule has 0 spiro atoms. The monoisotopic (exact) mass is 498 g/mol. The average molecular weight is 499 g/mol. The molecule has 10 atom stereocenters. The van der Waals surface area contributed by atoms with Crippen molar-refractivity contribution >= 4 is 0 Å². The van der Waals surface area contributed by atoms with Gasteiger partial charge in [0.2, 0.25) is 0 Å². The van der Waals surface area contributed by atoms with Crippen molar-refractivity contribution in [3.05, 3.63) is 0 Å². The molecule has 11 nitrogen and oxygen atoms in total. The van der Waals surface area contributed by atoms with Crippen LogP contribution >= 0.6 is 0 Å². The van der Waals surface area contributed by atoms with Gasteiger partial charge in [0, 0.05) is 6.61 Å². The lowest BCUT2D eigenvalue weighted by molar-refractivity contribution is -0.359. The van der Waals surface area contributed by atoms with E-state index in [0.717, 1.165) is 25.7 Å². The van der Waals surface area contributed by atoms with E-state index in [1.54, 1.807) is 0 Å². The highest BCUT2D eigenvalue weighted by Crippen LogP contribution is 2.29. The molecule has 0 aliphatic carbocycles.